The molecule has 0 bridgehead atoms. The van der Waals surface area contributed by atoms with Crippen LogP contribution in [0.15, 0.2) is 36.4 Å². The van der Waals surface area contributed by atoms with Gasteiger partial charge in [-0.2, -0.15) is 0 Å². The van der Waals surface area contributed by atoms with Crippen LogP contribution in [0.3, 0.4) is 0 Å². The lowest BCUT2D eigenvalue weighted by atomic mass is 10.1. The minimum atomic E-state index is -0.285. The molecule has 2 aromatic rings. The van der Waals surface area contributed by atoms with Crippen molar-refractivity contribution in [2.45, 2.75) is 13.3 Å². The van der Waals surface area contributed by atoms with Gasteiger partial charge in [0, 0.05) is 11.3 Å². The highest BCUT2D eigenvalue weighted by molar-refractivity contribution is 6.42. The summed E-state index contributed by atoms with van der Waals surface area (Å²) in [6.45, 7) is 2.59. The lowest BCUT2D eigenvalue weighted by molar-refractivity contribution is 0.102. The van der Waals surface area contributed by atoms with Gasteiger partial charge >= 0.3 is 0 Å². The topological polar surface area (TPSA) is 64.3 Å². The van der Waals surface area contributed by atoms with Crippen molar-refractivity contribution in [2.75, 3.05) is 17.7 Å². The fourth-order valence-electron chi connectivity index (χ4n) is 1.81. The van der Waals surface area contributed by atoms with E-state index in [9.17, 15) is 4.79 Å². The van der Waals surface area contributed by atoms with Crippen molar-refractivity contribution in [1.82, 2.24) is 0 Å². The predicted octanol–water partition coefficient (Wildman–Crippen LogP) is 4.62. The number of rotatable bonds is 5. The first-order valence-electron chi connectivity index (χ1n) is 6.80. The summed E-state index contributed by atoms with van der Waals surface area (Å²) in [5.74, 6) is 0.292. The van der Waals surface area contributed by atoms with Crippen molar-refractivity contribution in [3.05, 3.63) is 52.0 Å². The van der Waals surface area contributed by atoms with E-state index >= 15 is 0 Å². The molecule has 2 aromatic carbocycles. The molecule has 0 aliphatic carbocycles. The molecule has 6 heteroatoms. The van der Waals surface area contributed by atoms with Crippen LogP contribution in [0.25, 0.3) is 0 Å². The number of anilines is 2. The van der Waals surface area contributed by atoms with Crippen molar-refractivity contribution in [1.29, 1.82) is 0 Å². The van der Waals surface area contributed by atoms with E-state index in [0.717, 1.165) is 6.42 Å². The molecule has 0 spiro atoms. The number of amides is 1. The third-order valence-electron chi connectivity index (χ3n) is 2.91. The van der Waals surface area contributed by atoms with Gasteiger partial charge in [0.25, 0.3) is 5.91 Å². The summed E-state index contributed by atoms with van der Waals surface area (Å²) in [4.78, 5) is 12.2. The van der Waals surface area contributed by atoms with Gasteiger partial charge in [0.15, 0.2) is 0 Å². The summed E-state index contributed by atoms with van der Waals surface area (Å²) in [5.41, 5.74) is 7.32. The third-order valence-corrected chi connectivity index (χ3v) is 3.65. The number of nitrogens with one attached hydrogen (secondary N) is 1. The second-order valence-corrected chi connectivity index (χ2v) is 5.50. The van der Waals surface area contributed by atoms with E-state index in [2.05, 4.69) is 5.32 Å². The number of hydrogen-bond donors (Lipinski definition) is 2. The van der Waals surface area contributed by atoms with E-state index in [1.165, 1.54) is 0 Å². The maximum Gasteiger partial charge on any atom is 0.255 e. The molecule has 0 aliphatic heterocycles. The second kappa shape index (κ2) is 7.38. The fourth-order valence-corrected chi connectivity index (χ4v) is 2.11. The highest BCUT2D eigenvalue weighted by Crippen LogP contribution is 2.26. The standard InChI is InChI=1S/C16H16Cl2N2O2/c1-2-7-22-15-6-3-10(8-14(15)19)16(21)20-11-4-5-12(17)13(18)9-11/h3-6,8-9H,2,7,19H2,1H3,(H,20,21). The summed E-state index contributed by atoms with van der Waals surface area (Å²) in [5, 5.41) is 3.55. The Balaban J connectivity index is 2.12. The molecule has 0 radical (unpaired) electrons. The molecule has 3 N–H and O–H groups in total. The number of nitrogen functional groups attached to an aromatic ring is 1. The summed E-state index contributed by atoms with van der Waals surface area (Å²) in [6.07, 6.45) is 0.888. The van der Waals surface area contributed by atoms with Gasteiger partial charge in [-0.15, -0.1) is 0 Å². The molecule has 0 heterocycles. The Kier molecular flexibility index (Phi) is 5.52. The Morgan fingerprint density at radius 3 is 2.59 bits per heavy atom. The minimum Gasteiger partial charge on any atom is -0.491 e. The van der Waals surface area contributed by atoms with Crippen LogP contribution in [0, 0.1) is 0 Å². The smallest absolute Gasteiger partial charge is 0.255 e. The van der Waals surface area contributed by atoms with Crippen LogP contribution < -0.4 is 15.8 Å². The average Bonchev–Trinajstić information content (AvgIpc) is 2.49. The molecule has 0 aliphatic rings. The van der Waals surface area contributed by atoms with Crippen LogP contribution in [0.1, 0.15) is 23.7 Å². The lowest BCUT2D eigenvalue weighted by Gasteiger charge is -2.10. The van der Waals surface area contributed by atoms with Gasteiger partial charge in [0.2, 0.25) is 0 Å². The summed E-state index contributed by atoms with van der Waals surface area (Å²) >= 11 is 11.8. The number of halogens is 2. The summed E-state index contributed by atoms with van der Waals surface area (Å²) < 4.78 is 5.48. The van der Waals surface area contributed by atoms with E-state index in [1.54, 1.807) is 36.4 Å². The first kappa shape index (κ1) is 16.5. The number of carbonyl (C=O) groups is 1. The fraction of sp³-hybridized carbons (Fsp3) is 0.188. The molecule has 116 valence electrons. The number of ether oxygens (including phenoxy) is 1. The Morgan fingerprint density at radius 1 is 1.18 bits per heavy atom. The summed E-state index contributed by atoms with van der Waals surface area (Å²) in [7, 11) is 0. The van der Waals surface area contributed by atoms with Crippen LogP contribution in [0.5, 0.6) is 5.75 Å². The quantitative estimate of drug-likeness (QED) is 0.782. The van der Waals surface area contributed by atoms with Crippen LogP contribution in [-0.2, 0) is 0 Å². The maximum atomic E-state index is 12.2. The van der Waals surface area contributed by atoms with Crippen LogP contribution in [-0.4, -0.2) is 12.5 Å². The molecule has 0 aromatic heterocycles. The van der Waals surface area contributed by atoms with Gasteiger partial charge < -0.3 is 15.8 Å². The Bertz CT molecular complexity index is 690. The Hall–Kier alpha value is -1.91. The van der Waals surface area contributed by atoms with E-state index in [1.807, 2.05) is 6.92 Å². The van der Waals surface area contributed by atoms with E-state index in [4.69, 9.17) is 33.7 Å². The zero-order valence-corrected chi connectivity index (χ0v) is 13.5. The average molecular weight is 339 g/mol. The van der Waals surface area contributed by atoms with Crippen LogP contribution >= 0.6 is 23.2 Å². The molecule has 0 fully saturated rings. The van der Waals surface area contributed by atoms with E-state index < -0.39 is 0 Å². The molecule has 0 unspecified atom stereocenters. The second-order valence-electron chi connectivity index (χ2n) is 4.68. The van der Waals surface area contributed by atoms with E-state index in [0.29, 0.717) is 39.3 Å². The number of carbonyl (C=O) groups excluding carboxylic acids is 1. The third kappa shape index (κ3) is 4.06. The van der Waals surface area contributed by atoms with Crippen molar-refractivity contribution >= 4 is 40.5 Å². The molecule has 22 heavy (non-hydrogen) atoms. The zero-order chi connectivity index (χ0) is 16.1. The molecule has 1 amide bonds. The minimum absolute atomic E-state index is 0.285. The van der Waals surface area contributed by atoms with Gasteiger partial charge in [-0.1, -0.05) is 30.1 Å². The molecule has 4 nitrogen and oxygen atoms in total. The van der Waals surface area contributed by atoms with Gasteiger partial charge in [-0.25, -0.2) is 0 Å². The maximum absolute atomic E-state index is 12.2. The van der Waals surface area contributed by atoms with Gasteiger partial charge in [0.1, 0.15) is 5.75 Å². The Labute approximate surface area is 139 Å². The Morgan fingerprint density at radius 2 is 1.95 bits per heavy atom. The lowest BCUT2D eigenvalue weighted by Crippen LogP contribution is -2.12. The molecular weight excluding hydrogens is 323 g/mol. The largest absolute Gasteiger partial charge is 0.491 e. The predicted molar refractivity (Wildman–Crippen MR) is 91.1 cm³/mol. The zero-order valence-electron chi connectivity index (χ0n) is 12.0. The monoisotopic (exact) mass is 338 g/mol. The molecular formula is C16H16Cl2N2O2. The molecule has 0 saturated carbocycles. The number of nitrogens with two attached hydrogens (primary N) is 1. The molecule has 0 atom stereocenters. The van der Waals surface area contributed by atoms with Gasteiger partial charge in [-0.3, -0.25) is 4.79 Å². The van der Waals surface area contributed by atoms with Crippen molar-refractivity contribution in [3.8, 4) is 5.75 Å². The highest BCUT2D eigenvalue weighted by atomic mass is 35.5. The SMILES string of the molecule is CCCOc1ccc(C(=O)Nc2ccc(Cl)c(Cl)c2)cc1N. The highest BCUT2D eigenvalue weighted by Gasteiger charge is 2.10. The first-order chi connectivity index (χ1) is 10.5. The first-order valence-corrected chi connectivity index (χ1v) is 7.55. The van der Waals surface area contributed by atoms with Crippen molar-refractivity contribution in [2.24, 2.45) is 0 Å². The number of hydrogen-bond acceptors (Lipinski definition) is 3. The normalized spacial score (nSPS) is 10.3. The molecule has 2 rings (SSSR count). The van der Waals surface area contributed by atoms with E-state index in [-0.39, 0.29) is 5.91 Å². The van der Waals surface area contributed by atoms with Gasteiger partial charge in [-0.05, 0) is 42.8 Å². The number of benzene rings is 2. The summed E-state index contributed by atoms with van der Waals surface area (Å²) in [6, 6.07) is 9.81. The molecule has 0 saturated heterocycles. The van der Waals surface area contributed by atoms with Crippen LogP contribution in [0.2, 0.25) is 10.0 Å². The van der Waals surface area contributed by atoms with Crippen molar-refractivity contribution < 1.29 is 9.53 Å². The van der Waals surface area contributed by atoms with Crippen LogP contribution in [0.4, 0.5) is 11.4 Å². The van der Waals surface area contributed by atoms with Crippen molar-refractivity contribution in [3.63, 3.8) is 0 Å². The van der Waals surface area contributed by atoms with Gasteiger partial charge in [0.05, 0.1) is 22.3 Å².